The molecule has 4 heterocycles. The van der Waals surface area contributed by atoms with Gasteiger partial charge in [-0.2, -0.15) is 0 Å². The van der Waals surface area contributed by atoms with E-state index in [0.29, 0.717) is 0 Å². The number of hydrogen-bond acceptors (Lipinski definition) is 3. The Bertz CT molecular complexity index is 1400. The van der Waals surface area contributed by atoms with Crippen LogP contribution >= 0.6 is 15.9 Å². The Morgan fingerprint density at radius 3 is 1.12 bits per heavy atom. The number of nitrogens with zero attached hydrogens (tertiary/aromatic N) is 4. The van der Waals surface area contributed by atoms with E-state index in [9.17, 15) is 0 Å². The zero-order valence-electron chi connectivity index (χ0n) is 36.0. The number of alkyl halides is 1. The van der Waals surface area contributed by atoms with Crippen LogP contribution in [0.4, 0.5) is 0 Å². The highest BCUT2D eigenvalue weighted by atomic mass is 79.9. The molecule has 0 aromatic carbocycles. The van der Waals surface area contributed by atoms with Gasteiger partial charge >= 0.3 is 0 Å². The SMILES string of the molecule is BrCCCCCCCCCCCCCc1cccnc1.Cc1cc(C)c[n+](CCCCCCCCCCCCCc2cccnc2)c1.Cc1cncc(C)c1.[Br-]. The lowest BCUT2D eigenvalue weighted by Gasteiger charge is -2.03. The van der Waals surface area contributed by atoms with Crippen molar-refractivity contribution in [3.8, 4) is 0 Å². The van der Waals surface area contributed by atoms with Gasteiger partial charge in [0.15, 0.2) is 12.4 Å². The molecule has 6 heteroatoms. The molecule has 4 aromatic rings. The van der Waals surface area contributed by atoms with Crippen molar-refractivity contribution in [1.29, 1.82) is 0 Å². The summed E-state index contributed by atoms with van der Waals surface area (Å²) in [5, 5.41) is 1.17. The Morgan fingerprint density at radius 2 is 0.786 bits per heavy atom. The van der Waals surface area contributed by atoms with E-state index in [1.807, 2.05) is 63.2 Å². The van der Waals surface area contributed by atoms with Crippen LogP contribution in [0.15, 0.2) is 86.0 Å². The van der Waals surface area contributed by atoms with Crippen molar-refractivity contribution in [2.45, 2.75) is 188 Å². The molecule has 0 fully saturated rings. The summed E-state index contributed by atoms with van der Waals surface area (Å²) in [6.45, 7) is 9.62. The highest BCUT2D eigenvalue weighted by molar-refractivity contribution is 9.09. The molecule has 0 unspecified atom stereocenters. The molecule has 0 aliphatic heterocycles. The molecule has 0 amide bonds. The van der Waals surface area contributed by atoms with E-state index in [4.69, 9.17) is 0 Å². The zero-order valence-corrected chi connectivity index (χ0v) is 39.2. The Morgan fingerprint density at radius 1 is 0.429 bits per heavy atom. The summed E-state index contributed by atoms with van der Waals surface area (Å²) in [6.07, 6.45) is 49.0. The predicted molar refractivity (Wildman–Crippen MR) is 241 cm³/mol. The largest absolute Gasteiger partial charge is 1.00 e. The number of halogens is 2. The normalized spacial score (nSPS) is 10.5. The van der Waals surface area contributed by atoms with Crippen molar-refractivity contribution in [1.82, 2.24) is 15.0 Å². The quantitative estimate of drug-likeness (QED) is 0.0340. The minimum absolute atomic E-state index is 0. The summed E-state index contributed by atoms with van der Waals surface area (Å²) in [5.74, 6) is 0. The van der Waals surface area contributed by atoms with Crippen LogP contribution in [0.25, 0.3) is 0 Å². The molecular formula is C50H78Br2N4. The van der Waals surface area contributed by atoms with Crippen LogP contribution in [0.5, 0.6) is 0 Å². The van der Waals surface area contributed by atoms with Crippen LogP contribution in [0.3, 0.4) is 0 Å². The molecular weight excluding hydrogens is 816 g/mol. The second-order valence-electron chi connectivity index (χ2n) is 15.9. The summed E-state index contributed by atoms with van der Waals surface area (Å²) >= 11 is 3.48. The van der Waals surface area contributed by atoms with Crippen LogP contribution in [0, 0.1) is 27.7 Å². The lowest BCUT2D eigenvalue weighted by atomic mass is 10.0. The fourth-order valence-electron chi connectivity index (χ4n) is 7.15. The van der Waals surface area contributed by atoms with E-state index in [0.717, 1.165) is 0 Å². The monoisotopic (exact) mass is 892 g/mol. The lowest BCUT2D eigenvalue weighted by Crippen LogP contribution is -3.00. The third-order valence-corrected chi connectivity index (χ3v) is 10.7. The van der Waals surface area contributed by atoms with Crippen molar-refractivity contribution in [3.63, 3.8) is 0 Å². The van der Waals surface area contributed by atoms with Crippen LogP contribution in [-0.2, 0) is 19.4 Å². The van der Waals surface area contributed by atoms with Crippen molar-refractivity contribution in [2.24, 2.45) is 0 Å². The third kappa shape index (κ3) is 30.7. The lowest BCUT2D eigenvalue weighted by molar-refractivity contribution is -0.698. The van der Waals surface area contributed by atoms with Gasteiger partial charge in [-0.15, -0.1) is 0 Å². The summed E-state index contributed by atoms with van der Waals surface area (Å²) in [5.41, 5.74) is 7.96. The Labute approximate surface area is 363 Å². The minimum Gasteiger partial charge on any atom is -1.00 e. The van der Waals surface area contributed by atoms with E-state index in [2.05, 4.69) is 86.0 Å². The van der Waals surface area contributed by atoms with Gasteiger partial charge in [-0.1, -0.05) is 143 Å². The molecule has 0 N–H and O–H groups in total. The van der Waals surface area contributed by atoms with Gasteiger partial charge in [0, 0.05) is 60.1 Å². The summed E-state index contributed by atoms with van der Waals surface area (Å²) in [7, 11) is 0. The molecule has 0 bridgehead atoms. The molecule has 56 heavy (non-hydrogen) atoms. The molecule has 4 aromatic heterocycles. The first kappa shape index (κ1) is 51.6. The van der Waals surface area contributed by atoms with Crippen molar-refractivity contribution in [2.75, 3.05) is 5.33 Å². The molecule has 0 saturated heterocycles. The summed E-state index contributed by atoms with van der Waals surface area (Å²) in [6, 6.07) is 12.8. The number of aryl methyl sites for hydroxylation is 7. The number of rotatable bonds is 27. The smallest absolute Gasteiger partial charge is 0.171 e. The molecule has 0 radical (unpaired) electrons. The molecule has 0 saturated carbocycles. The average molecular weight is 895 g/mol. The zero-order chi connectivity index (χ0) is 39.4. The fourth-order valence-corrected chi connectivity index (χ4v) is 7.55. The Balaban J connectivity index is 0.000000473. The topological polar surface area (TPSA) is 42.5 Å². The second-order valence-corrected chi connectivity index (χ2v) is 16.7. The van der Waals surface area contributed by atoms with Gasteiger partial charge in [0.1, 0.15) is 6.54 Å². The van der Waals surface area contributed by atoms with Gasteiger partial charge in [0.05, 0.1) is 0 Å². The molecule has 0 aliphatic rings. The maximum atomic E-state index is 4.18. The first-order chi connectivity index (χ1) is 27.0. The maximum Gasteiger partial charge on any atom is 0.171 e. The van der Waals surface area contributed by atoms with Crippen LogP contribution < -0.4 is 21.5 Å². The average Bonchev–Trinajstić information content (AvgIpc) is 3.18. The van der Waals surface area contributed by atoms with Gasteiger partial charge in [0.25, 0.3) is 0 Å². The number of unbranched alkanes of at least 4 members (excludes halogenated alkanes) is 20. The van der Waals surface area contributed by atoms with E-state index in [1.165, 1.54) is 199 Å². The van der Waals surface area contributed by atoms with Gasteiger partial charge in [-0.25, -0.2) is 4.57 Å². The molecule has 4 rings (SSSR count). The van der Waals surface area contributed by atoms with Crippen molar-refractivity contribution < 1.29 is 21.5 Å². The van der Waals surface area contributed by atoms with Crippen molar-refractivity contribution in [3.05, 3.63) is 119 Å². The number of hydrogen-bond donors (Lipinski definition) is 0. The highest BCUT2D eigenvalue weighted by Crippen LogP contribution is 2.14. The first-order valence-corrected chi connectivity index (χ1v) is 23.3. The van der Waals surface area contributed by atoms with Gasteiger partial charge in [-0.05, 0) is 107 Å². The first-order valence-electron chi connectivity index (χ1n) is 22.2. The molecule has 0 spiro atoms. The van der Waals surface area contributed by atoms with E-state index >= 15 is 0 Å². The minimum atomic E-state index is 0. The van der Waals surface area contributed by atoms with E-state index in [1.54, 1.807) is 0 Å². The van der Waals surface area contributed by atoms with Crippen molar-refractivity contribution >= 4 is 15.9 Å². The molecule has 0 atom stereocenters. The van der Waals surface area contributed by atoms with Gasteiger partial charge in [-0.3, -0.25) is 15.0 Å². The summed E-state index contributed by atoms with van der Waals surface area (Å²) < 4.78 is 2.36. The highest BCUT2D eigenvalue weighted by Gasteiger charge is 2.03. The van der Waals surface area contributed by atoms with Gasteiger partial charge in [0.2, 0.25) is 0 Å². The molecule has 4 nitrogen and oxygen atoms in total. The van der Waals surface area contributed by atoms with Crippen LogP contribution in [0.2, 0.25) is 0 Å². The van der Waals surface area contributed by atoms with E-state index in [-0.39, 0.29) is 17.0 Å². The van der Waals surface area contributed by atoms with Crippen LogP contribution in [-0.4, -0.2) is 20.3 Å². The van der Waals surface area contributed by atoms with E-state index < -0.39 is 0 Å². The van der Waals surface area contributed by atoms with Crippen LogP contribution in [0.1, 0.15) is 175 Å². The standard InChI is InChI=1S/C25H39N2.C18H30BrN.C7H9N.BrH/c1-23-19-24(2)22-27(21-23)18-13-11-9-7-5-3-4-6-8-10-12-15-25-16-14-17-26-20-25;19-15-11-9-7-5-3-1-2-4-6-8-10-13-18-14-12-16-20-17-18;1-6-3-7(2)5-8-4-6;/h14,16-17,19-22H,3-13,15,18H2,1-2H3;12,14,16-17H,1-11,13,15H2;3-5H,1-2H3;1H/q+1;;;/p-1. The number of pyridine rings is 4. The molecule has 312 valence electrons. The Hall–Kier alpha value is -2.44. The fraction of sp³-hybridized carbons (Fsp3) is 0.600. The second kappa shape index (κ2) is 36.9. The number of aromatic nitrogens is 4. The molecule has 0 aliphatic carbocycles. The Kier molecular flexibility index (Phi) is 34.0. The predicted octanol–water partition coefficient (Wildman–Crippen LogP) is 11.5. The third-order valence-electron chi connectivity index (χ3n) is 10.1. The van der Waals surface area contributed by atoms with Gasteiger partial charge < -0.3 is 17.0 Å². The maximum absolute atomic E-state index is 4.18. The summed E-state index contributed by atoms with van der Waals surface area (Å²) in [4.78, 5) is 12.3.